The van der Waals surface area contributed by atoms with E-state index >= 15 is 0 Å². The fourth-order valence-electron chi connectivity index (χ4n) is 3.10. The van der Waals surface area contributed by atoms with Crippen molar-refractivity contribution in [2.45, 2.75) is 32.9 Å². The van der Waals surface area contributed by atoms with Gasteiger partial charge in [0.1, 0.15) is 23.8 Å². The molecule has 3 heterocycles. The van der Waals surface area contributed by atoms with E-state index in [1.54, 1.807) is 47.4 Å². The molecule has 138 valence electrons. The first-order valence-corrected chi connectivity index (χ1v) is 8.91. The zero-order valence-electron chi connectivity index (χ0n) is 15.2. The predicted octanol–water partition coefficient (Wildman–Crippen LogP) is 3.71. The van der Waals surface area contributed by atoms with Gasteiger partial charge in [0.2, 0.25) is 0 Å². The number of halogens is 1. The number of nitrogens with zero attached hydrogens (tertiary/aromatic N) is 6. The van der Waals surface area contributed by atoms with Gasteiger partial charge in [0, 0.05) is 24.2 Å². The molecule has 1 atom stereocenters. The Kier molecular flexibility index (Phi) is 4.53. The van der Waals surface area contributed by atoms with Crippen LogP contribution in [0.2, 0.25) is 0 Å². The number of hydrogen-bond acceptors (Lipinski definition) is 5. The van der Waals surface area contributed by atoms with Crippen molar-refractivity contribution in [3.63, 3.8) is 0 Å². The maximum atomic E-state index is 14.3. The number of fused-ring (bicyclic) bond motifs is 1. The lowest BCUT2D eigenvalue weighted by atomic mass is 10.1. The summed E-state index contributed by atoms with van der Waals surface area (Å²) in [5, 5.41) is 12.0. The molecule has 3 aromatic heterocycles. The fourth-order valence-corrected chi connectivity index (χ4v) is 3.10. The lowest BCUT2D eigenvalue weighted by Crippen LogP contribution is -2.17. The van der Waals surface area contributed by atoms with E-state index in [1.165, 1.54) is 6.07 Å². The molecule has 0 aliphatic rings. The molecule has 0 amide bonds. The highest BCUT2D eigenvalue weighted by molar-refractivity contribution is 5.67. The molecular weight excluding hydrogens is 345 g/mol. The Labute approximate surface area is 155 Å². The summed E-state index contributed by atoms with van der Waals surface area (Å²) in [6, 6.07) is 10.1. The normalized spacial score (nSPS) is 12.4. The molecule has 0 bridgehead atoms. The third-order valence-corrected chi connectivity index (χ3v) is 4.34. The Morgan fingerprint density at radius 3 is 2.85 bits per heavy atom. The van der Waals surface area contributed by atoms with Crippen molar-refractivity contribution in [3.05, 3.63) is 60.6 Å². The molecule has 8 heteroatoms. The van der Waals surface area contributed by atoms with Gasteiger partial charge in [0.15, 0.2) is 5.65 Å². The highest BCUT2D eigenvalue weighted by atomic mass is 19.1. The van der Waals surface area contributed by atoms with Crippen molar-refractivity contribution in [1.29, 1.82) is 0 Å². The third-order valence-electron chi connectivity index (χ3n) is 4.34. The number of aromatic nitrogens is 6. The van der Waals surface area contributed by atoms with Crippen LogP contribution in [-0.2, 0) is 6.54 Å². The van der Waals surface area contributed by atoms with Gasteiger partial charge in [-0.3, -0.25) is 0 Å². The Balaban J connectivity index is 1.74. The third kappa shape index (κ3) is 3.25. The van der Waals surface area contributed by atoms with Gasteiger partial charge >= 0.3 is 0 Å². The lowest BCUT2D eigenvalue weighted by Gasteiger charge is -2.17. The minimum atomic E-state index is -0.310. The zero-order chi connectivity index (χ0) is 18.8. The van der Waals surface area contributed by atoms with Crippen molar-refractivity contribution < 1.29 is 4.39 Å². The summed E-state index contributed by atoms with van der Waals surface area (Å²) in [5.41, 5.74) is 1.64. The summed E-state index contributed by atoms with van der Waals surface area (Å²) >= 11 is 0. The number of benzene rings is 1. The number of anilines is 1. The van der Waals surface area contributed by atoms with Gasteiger partial charge in [0.25, 0.3) is 0 Å². The van der Waals surface area contributed by atoms with Gasteiger partial charge in [-0.05, 0) is 25.5 Å². The summed E-state index contributed by atoms with van der Waals surface area (Å²) in [5.74, 6) is 1.23. The van der Waals surface area contributed by atoms with E-state index in [9.17, 15) is 4.39 Å². The molecule has 0 saturated carbocycles. The van der Waals surface area contributed by atoms with Crippen LogP contribution in [0.1, 0.15) is 32.1 Å². The van der Waals surface area contributed by atoms with Gasteiger partial charge in [0.05, 0.1) is 17.9 Å². The highest BCUT2D eigenvalue weighted by Crippen LogP contribution is 2.26. The molecule has 0 radical (unpaired) electrons. The first kappa shape index (κ1) is 17.1. The molecule has 0 aliphatic heterocycles. The Bertz CT molecular complexity index is 1070. The van der Waals surface area contributed by atoms with Crippen molar-refractivity contribution in [2.24, 2.45) is 0 Å². The Hall–Kier alpha value is -3.29. The van der Waals surface area contributed by atoms with Gasteiger partial charge in [-0.2, -0.15) is 14.7 Å². The van der Waals surface area contributed by atoms with Crippen LogP contribution in [-0.4, -0.2) is 29.4 Å². The van der Waals surface area contributed by atoms with E-state index in [1.807, 2.05) is 11.6 Å². The van der Waals surface area contributed by atoms with Crippen molar-refractivity contribution in [3.8, 4) is 11.3 Å². The highest BCUT2D eigenvalue weighted by Gasteiger charge is 2.16. The molecule has 0 fully saturated rings. The van der Waals surface area contributed by atoms with Gasteiger partial charge in [-0.1, -0.05) is 19.1 Å². The summed E-state index contributed by atoms with van der Waals surface area (Å²) in [6.07, 6.45) is 4.20. The summed E-state index contributed by atoms with van der Waals surface area (Å²) in [6.45, 7) is 4.91. The average molecular weight is 365 g/mol. The fraction of sp³-hybridized carbons (Fsp3) is 0.263. The molecule has 1 N–H and O–H groups in total. The van der Waals surface area contributed by atoms with Crippen LogP contribution in [0, 0.1) is 5.82 Å². The van der Waals surface area contributed by atoms with Gasteiger partial charge in [-0.15, -0.1) is 0 Å². The zero-order valence-corrected chi connectivity index (χ0v) is 15.2. The summed E-state index contributed by atoms with van der Waals surface area (Å²) in [4.78, 5) is 8.91. The second-order valence-electron chi connectivity index (χ2n) is 6.32. The molecule has 4 aromatic rings. The summed E-state index contributed by atoms with van der Waals surface area (Å²) < 4.78 is 17.8. The maximum Gasteiger partial charge on any atom is 0.157 e. The Morgan fingerprint density at radius 2 is 2.04 bits per heavy atom. The van der Waals surface area contributed by atoms with Crippen LogP contribution < -0.4 is 5.32 Å². The van der Waals surface area contributed by atoms with Crippen molar-refractivity contribution in [2.75, 3.05) is 5.32 Å². The minimum absolute atomic E-state index is 0.109. The number of aryl methyl sites for hydroxylation is 1. The van der Waals surface area contributed by atoms with Gasteiger partial charge < -0.3 is 5.32 Å². The van der Waals surface area contributed by atoms with Crippen LogP contribution in [0.25, 0.3) is 16.9 Å². The number of rotatable bonds is 6. The SMILES string of the molecule is CCCn1ncnc1[C@@H](C)Nc1cc(-c2ccccc2F)nc2ccnn12. The van der Waals surface area contributed by atoms with E-state index in [0.717, 1.165) is 18.8 Å². The van der Waals surface area contributed by atoms with E-state index < -0.39 is 0 Å². The molecule has 0 aliphatic carbocycles. The largest absolute Gasteiger partial charge is 0.360 e. The molecule has 1 aromatic carbocycles. The first-order valence-electron chi connectivity index (χ1n) is 8.91. The lowest BCUT2D eigenvalue weighted by molar-refractivity contribution is 0.553. The maximum absolute atomic E-state index is 14.3. The molecule has 4 rings (SSSR count). The predicted molar refractivity (Wildman–Crippen MR) is 101 cm³/mol. The smallest absolute Gasteiger partial charge is 0.157 e. The number of hydrogen-bond donors (Lipinski definition) is 1. The number of nitrogens with one attached hydrogen (secondary N) is 1. The van der Waals surface area contributed by atoms with E-state index in [4.69, 9.17) is 0 Å². The second-order valence-corrected chi connectivity index (χ2v) is 6.32. The van der Waals surface area contributed by atoms with Crippen LogP contribution in [0.15, 0.2) is 48.9 Å². The first-order chi connectivity index (χ1) is 13.2. The topological polar surface area (TPSA) is 72.9 Å². The average Bonchev–Trinajstić information content (AvgIpc) is 3.31. The van der Waals surface area contributed by atoms with Crippen LogP contribution in [0.5, 0.6) is 0 Å². The monoisotopic (exact) mass is 365 g/mol. The van der Waals surface area contributed by atoms with E-state index in [-0.39, 0.29) is 11.9 Å². The Morgan fingerprint density at radius 1 is 1.19 bits per heavy atom. The van der Waals surface area contributed by atoms with Crippen molar-refractivity contribution in [1.82, 2.24) is 29.4 Å². The molecule has 0 saturated heterocycles. The quantitative estimate of drug-likeness (QED) is 0.564. The second kappa shape index (κ2) is 7.14. The van der Waals surface area contributed by atoms with E-state index in [2.05, 4.69) is 32.4 Å². The molecule has 0 unspecified atom stereocenters. The van der Waals surface area contributed by atoms with Crippen LogP contribution in [0.3, 0.4) is 0 Å². The summed E-state index contributed by atoms with van der Waals surface area (Å²) in [7, 11) is 0. The van der Waals surface area contributed by atoms with Gasteiger partial charge in [-0.25, -0.2) is 19.0 Å². The van der Waals surface area contributed by atoms with Crippen molar-refractivity contribution >= 4 is 11.5 Å². The molecular formula is C19H20FN7. The van der Waals surface area contributed by atoms with Crippen LogP contribution in [0.4, 0.5) is 10.2 Å². The minimum Gasteiger partial charge on any atom is -0.360 e. The molecule has 0 spiro atoms. The molecule has 27 heavy (non-hydrogen) atoms. The van der Waals surface area contributed by atoms with Crippen LogP contribution >= 0.6 is 0 Å². The molecule has 7 nitrogen and oxygen atoms in total. The van der Waals surface area contributed by atoms with E-state index in [0.29, 0.717) is 22.7 Å². The standard InChI is InChI=1S/C19H20FN7/c1-3-10-26-19(21-12-23-26)13(2)24-18-11-16(14-6-4-5-7-15(14)20)25-17-8-9-22-27(17)18/h4-9,11-13,24H,3,10H2,1-2H3/t13-/m1/s1.